The van der Waals surface area contributed by atoms with Gasteiger partial charge in [0.1, 0.15) is 0 Å². The molecule has 1 aromatic carbocycles. The minimum absolute atomic E-state index is 0.0878. The van der Waals surface area contributed by atoms with Crippen molar-refractivity contribution in [3.63, 3.8) is 0 Å². The van der Waals surface area contributed by atoms with Crippen LogP contribution in [-0.4, -0.2) is 45.4 Å². The molecule has 0 radical (unpaired) electrons. The molecule has 4 rings (SSSR count). The fourth-order valence-electron chi connectivity index (χ4n) is 4.37. The molecule has 0 unspecified atom stereocenters. The topological polar surface area (TPSA) is 63.1 Å². The molecule has 1 saturated carbocycles. The van der Waals surface area contributed by atoms with Gasteiger partial charge in [-0.25, -0.2) is 4.68 Å². The van der Waals surface area contributed by atoms with Gasteiger partial charge in [-0.05, 0) is 50.4 Å². The van der Waals surface area contributed by atoms with Gasteiger partial charge in [0.2, 0.25) is 0 Å². The first kappa shape index (κ1) is 18.2. The molecular formula is C21H29N5O. The van der Waals surface area contributed by atoms with Gasteiger partial charge >= 0.3 is 0 Å². The van der Waals surface area contributed by atoms with Crippen molar-refractivity contribution in [3.8, 4) is 5.69 Å². The smallest absolute Gasteiger partial charge is 0.273 e. The van der Waals surface area contributed by atoms with E-state index >= 15 is 0 Å². The summed E-state index contributed by atoms with van der Waals surface area (Å²) in [6.45, 7) is 3.93. The zero-order valence-electron chi connectivity index (χ0n) is 16.4. The molecule has 0 bridgehead atoms. The normalized spacial score (nSPS) is 18.7. The van der Waals surface area contributed by atoms with Crippen LogP contribution in [0.4, 0.5) is 0 Å². The Hall–Kier alpha value is -2.21. The molecule has 1 fully saturated rings. The third-order valence-electron chi connectivity index (χ3n) is 5.96. The Kier molecular flexibility index (Phi) is 5.25. The number of carbonyl (C=O) groups excluding carboxylic acids is 1. The molecule has 1 N–H and O–H groups in total. The minimum Gasteiger partial charge on any atom is -0.348 e. The van der Waals surface area contributed by atoms with Crippen molar-refractivity contribution in [3.05, 3.63) is 40.7 Å². The van der Waals surface area contributed by atoms with Crippen LogP contribution in [0.2, 0.25) is 0 Å². The number of amides is 1. The summed E-state index contributed by atoms with van der Waals surface area (Å²) in [6.07, 6.45) is 8.07. The van der Waals surface area contributed by atoms with Crippen LogP contribution < -0.4 is 5.32 Å². The van der Waals surface area contributed by atoms with Crippen LogP contribution in [-0.2, 0) is 13.0 Å². The summed E-state index contributed by atoms with van der Waals surface area (Å²) in [7, 11) is 2.15. The highest BCUT2D eigenvalue weighted by molar-refractivity contribution is 5.93. The molecule has 144 valence electrons. The first-order valence-electron chi connectivity index (χ1n) is 10.2. The summed E-state index contributed by atoms with van der Waals surface area (Å²) in [4.78, 5) is 15.1. The van der Waals surface area contributed by atoms with E-state index in [1.807, 2.05) is 11.6 Å². The number of nitrogens with one attached hydrogen (secondary N) is 1. The lowest BCUT2D eigenvalue weighted by Crippen LogP contribution is -2.35. The van der Waals surface area contributed by atoms with Gasteiger partial charge in [0, 0.05) is 19.1 Å². The van der Waals surface area contributed by atoms with Crippen molar-refractivity contribution in [2.75, 3.05) is 13.6 Å². The van der Waals surface area contributed by atoms with E-state index < -0.39 is 0 Å². The number of benzene rings is 1. The van der Waals surface area contributed by atoms with Gasteiger partial charge < -0.3 is 10.2 Å². The maximum Gasteiger partial charge on any atom is 0.273 e. The van der Waals surface area contributed by atoms with Crippen LogP contribution in [0, 0.1) is 6.92 Å². The molecule has 1 amide bonds. The van der Waals surface area contributed by atoms with Gasteiger partial charge in [-0.1, -0.05) is 43.0 Å². The zero-order valence-corrected chi connectivity index (χ0v) is 16.4. The fourth-order valence-corrected chi connectivity index (χ4v) is 4.37. The Morgan fingerprint density at radius 3 is 2.74 bits per heavy atom. The Labute approximate surface area is 160 Å². The van der Waals surface area contributed by atoms with Crippen molar-refractivity contribution >= 4 is 5.91 Å². The molecule has 1 aliphatic carbocycles. The second-order valence-electron chi connectivity index (χ2n) is 8.00. The number of rotatable bonds is 3. The Morgan fingerprint density at radius 2 is 1.96 bits per heavy atom. The number of aromatic nitrogens is 3. The average molecular weight is 367 g/mol. The number of likely N-dealkylation sites (N-methyl/N-ethyl adjacent to an activating group) is 1. The summed E-state index contributed by atoms with van der Waals surface area (Å²) < 4.78 is 1.84. The Balaban J connectivity index is 1.58. The molecule has 6 nitrogen and oxygen atoms in total. The summed E-state index contributed by atoms with van der Waals surface area (Å²) >= 11 is 0. The lowest BCUT2D eigenvalue weighted by atomic mass is 9.98. The van der Waals surface area contributed by atoms with Gasteiger partial charge in [-0.2, -0.15) is 0 Å². The molecule has 2 aliphatic rings. The molecule has 1 aromatic heterocycles. The van der Waals surface area contributed by atoms with E-state index in [-0.39, 0.29) is 11.9 Å². The highest BCUT2D eigenvalue weighted by Crippen LogP contribution is 2.25. The third kappa shape index (κ3) is 3.76. The highest BCUT2D eigenvalue weighted by atomic mass is 16.2. The summed E-state index contributed by atoms with van der Waals surface area (Å²) in [5.41, 5.74) is 4.97. The molecule has 6 heteroatoms. The molecule has 2 aromatic rings. The van der Waals surface area contributed by atoms with Crippen LogP contribution in [0.25, 0.3) is 5.69 Å². The van der Waals surface area contributed by atoms with Gasteiger partial charge in [0.25, 0.3) is 5.91 Å². The molecular weight excluding hydrogens is 338 g/mol. The third-order valence-corrected chi connectivity index (χ3v) is 5.96. The van der Waals surface area contributed by atoms with E-state index in [2.05, 4.69) is 45.8 Å². The van der Waals surface area contributed by atoms with Crippen molar-refractivity contribution in [2.24, 2.45) is 0 Å². The summed E-state index contributed by atoms with van der Waals surface area (Å²) in [5.74, 6) is -0.0878. The van der Waals surface area contributed by atoms with Crippen molar-refractivity contribution in [1.82, 2.24) is 25.2 Å². The predicted octanol–water partition coefficient (Wildman–Crippen LogP) is 3.02. The molecule has 0 saturated heterocycles. The van der Waals surface area contributed by atoms with Gasteiger partial charge in [-0.3, -0.25) is 4.79 Å². The monoisotopic (exact) mass is 367 g/mol. The SMILES string of the molecule is Cc1c(C(=O)NC2CCCCCC2)nnn1-c1cccc2c1CCN(C)C2. The van der Waals surface area contributed by atoms with Gasteiger partial charge in [0.05, 0.1) is 11.4 Å². The Morgan fingerprint density at radius 1 is 1.19 bits per heavy atom. The second-order valence-corrected chi connectivity index (χ2v) is 8.00. The van der Waals surface area contributed by atoms with Crippen LogP contribution in [0.1, 0.15) is 65.8 Å². The number of hydrogen-bond donors (Lipinski definition) is 1. The number of hydrogen-bond acceptors (Lipinski definition) is 4. The van der Waals surface area contributed by atoms with Gasteiger partial charge in [-0.15, -0.1) is 5.10 Å². The maximum atomic E-state index is 12.8. The first-order chi connectivity index (χ1) is 13.1. The molecule has 1 aliphatic heterocycles. The molecule has 0 spiro atoms. The van der Waals surface area contributed by atoms with E-state index in [1.54, 1.807) is 0 Å². The lowest BCUT2D eigenvalue weighted by molar-refractivity contribution is 0.0927. The second kappa shape index (κ2) is 7.80. The van der Waals surface area contributed by atoms with E-state index in [1.165, 1.54) is 36.8 Å². The lowest BCUT2D eigenvalue weighted by Gasteiger charge is -2.26. The summed E-state index contributed by atoms with van der Waals surface area (Å²) in [6, 6.07) is 6.60. The zero-order chi connectivity index (χ0) is 18.8. The standard InChI is InChI=1S/C21H29N5O/c1-15-20(21(27)22-17-9-5-3-4-6-10-17)23-24-26(15)19-11-7-8-16-14-25(2)13-12-18(16)19/h7-8,11,17H,3-6,9-10,12-14H2,1-2H3,(H,22,27). The van der Waals surface area contributed by atoms with Gasteiger partial charge in [0.15, 0.2) is 5.69 Å². The first-order valence-corrected chi connectivity index (χ1v) is 10.2. The maximum absolute atomic E-state index is 12.8. The summed E-state index contributed by atoms with van der Waals surface area (Å²) in [5, 5.41) is 11.8. The number of nitrogens with zero attached hydrogens (tertiary/aromatic N) is 4. The van der Waals surface area contributed by atoms with Crippen molar-refractivity contribution in [2.45, 2.75) is 64.5 Å². The van der Waals surface area contributed by atoms with Crippen LogP contribution in [0.15, 0.2) is 18.2 Å². The minimum atomic E-state index is -0.0878. The molecule has 27 heavy (non-hydrogen) atoms. The van der Waals surface area contributed by atoms with Crippen LogP contribution in [0.3, 0.4) is 0 Å². The van der Waals surface area contributed by atoms with E-state index in [0.29, 0.717) is 5.69 Å². The number of carbonyl (C=O) groups is 1. The van der Waals surface area contributed by atoms with Crippen molar-refractivity contribution in [1.29, 1.82) is 0 Å². The van der Waals surface area contributed by atoms with E-state index in [9.17, 15) is 4.79 Å². The quantitative estimate of drug-likeness (QED) is 0.847. The molecule has 0 atom stereocenters. The largest absolute Gasteiger partial charge is 0.348 e. The predicted molar refractivity (Wildman–Crippen MR) is 105 cm³/mol. The Bertz CT molecular complexity index is 820. The van der Waals surface area contributed by atoms with E-state index in [4.69, 9.17) is 0 Å². The fraction of sp³-hybridized carbons (Fsp3) is 0.571. The molecule has 2 heterocycles. The number of fused-ring (bicyclic) bond motifs is 1. The average Bonchev–Trinajstić information content (AvgIpc) is 2.86. The van der Waals surface area contributed by atoms with Crippen LogP contribution in [0.5, 0.6) is 0 Å². The van der Waals surface area contributed by atoms with Crippen LogP contribution >= 0.6 is 0 Å². The highest BCUT2D eigenvalue weighted by Gasteiger charge is 2.23. The van der Waals surface area contributed by atoms with E-state index in [0.717, 1.165) is 43.7 Å². The van der Waals surface area contributed by atoms with Crippen molar-refractivity contribution < 1.29 is 4.79 Å².